The van der Waals surface area contributed by atoms with Gasteiger partial charge in [0.1, 0.15) is 18.3 Å². The fraction of sp³-hybridized carbons (Fsp3) is 0.350. The molecule has 1 fully saturated rings. The molecule has 0 radical (unpaired) electrons. The summed E-state index contributed by atoms with van der Waals surface area (Å²) in [5.74, 6) is 0.738. The van der Waals surface area contributed by atoms with Crippen molar-refractivity contribution in [2.24, 2.45) is 0 Å². The number of hydrogen-bond acceptors (Lipinski definition) is 10. The molecule has 4 heterocycles. The van der Waals surface area contributed by atoms with Gasteiger partial charge in [0, 0.05) is 12.1 Å². The van der Waals surface area contributed by atoms with Crippen LogP contribution in [0.5, 0.6) is 0 Å². The van der Waals surface area contributed by atoms with Crippen molar-refractivity contribution in [3.05, 3.63) is 47.4 Å². The Labute approximate surface area is 192 Å². The lowest BCUT2D eigenvalue weighted by Gasteiger charge is -2.16. The molecule has 0 amide bonds. The van der Waals surface area contributed by atoms with Crippen molar-refractivity contribution in [3.8, 4) is 11.5 Å². The zero-order chi connectivity index (χ0) is 23.1. The van der Waals surface area contributed by atoms with Crippen LogP contribution in [0.25, 0.3) is 22.7 Å². The van der Waals surface area contributed by atoms with Gasteiger partial charge in [0.05, 0.1) is 25.7 Å². The normalized spacial score (nSPS) is 22.8. The highest BCUT2D eigenvalue weighted by Gasteiger charge is 2.44. The first-order chi connectivity index (χ1) is 16.0. The van der Waals surface area contributed by atoms with Gasteiger partial charge in [-0.1, -0.05) is 28.9 Å². The molecule has 5 rings (SSSR count). The summed E-state index contributed by atoms with van der Waals surface area (Å²) in [5.41, 5.74) is 2.21. The zero-order valence-electron chi connectivity index (χ0n) is 17.4. The number of rotatable bonds is 6. The van der Waals surface area contributed by atoms with Gasteiger partial charge >= 0.3 is 0 Å². The summed E-state index contributed by atoms with van der Waals surface area (Å²) in [6.07, 6.45) is -1.25. The predicted octanol–water partition coefficient (Wildman–Crippen LogP) is 0.440. The minimum absolute atomic E-state index is 0.290. The quantitative estimate of drug-likeness (QED) is 0.310. The molecule has 0 spiro atoms. The molecule has 1 saturated heterocycles. The molecule has 0 bridgehead atoms. The number of aromatic nitrogens is 7. The number of imidazole rings is 1. The minimum Gasteiger partial charge on any atom is -0.394 e. The van der Waals surface area contributed by atoms with E-state index >= 15 is 0 Å². The SMILES string of the molecule is CNc1nc(-c2cn(Cc3cccc(Cl)c3)nn2)nc2c1ncn2[C@@H]1O[C@H](CO)[C@@H](O)[C@H]1O. The molecule has 13 heteroatoms. The molecule has 33 heavy (non-hydrogen) atoms. The van der Waals surface area contributed by atoms with E-state index in [9.17, 15) is 15.3 Å². The monoisotopic (exact) mass is 472 g/mol. The van der Waals surface area contributed by atoms with Gasteiger partial charge in [-0.05, 0) is 17.7 Å². The Morgan fingerprint density at radius 3 is 2.79 bits per heavy atom. The second-order valence-electron chi connectivity index (χ2n) is 7.63. The van der Waals surface area contributed by atoms with Crippen LogP contribution in [0.15, 0.2) is 36.8 Å². The molecule has 0 aliphatic carbocycles. The first-order valence-electron chi connectivity index (χ1n) is 10.2. The first kappa shape index (κ1) is 21.7. The van der Waals surface area contributed by atoms with Gasteiger partial charge in [-0.3, -0.25) is 4.57 Å². The second-order valence-corrected chi connectivity index (χ2v) is 8.07. The smallest absolute Gasteiger partial charge is 0.185 e. The summed E-state index contributed by atoms with van der Waals surface area (Å²) in [6, 6.07) is 7.46. The Bertz CT molecular complexity index is 1290. The molecule has 4 atom stereocenters. The maximum atomic E-state index is 10.4. The molecular formula is C20H21ClN8O4. The van der Waals surface area contributed by atoms with Crippen molar-refractivity contribution < 1.29 is 20.1 Å². The third kappa shape index (κ3) is 3.92. The van der Waals surface area contributed by atoms with Gasteiger partial charge in [0.2, 0.25) is 0 Å². The number of nitrogens with zero attached hydrogens (tertiary/aromatic N) is 7. The standard InChI is InChI=1S/C20H21ClN8O4/c1-22-18-14-19(29(9-23-14)20-16(32)15(31)13(8-30)33-20)25-17(24-18)12-7-28(27-26-12)6-10-3-2-4-11(21)5-10/h2-5,7,9,13,15-16,20,30-32H,6,8H2,1H3,(H,22,24,25)/t13-,15-,16-,20-/m1/s1. The third-order valence-corrected chi connectivity index (χ3v) is 5.69. The van der Waals surface area contributed by atoms with Gasteiger partial charge in [0.25, 0.3) is 0 Å². The maximum absolute atomic E-state index is 10.4. The largest absolute Gasteiger partial charge is 0.394 e. The Balaban J connectivity index is 1.51. The lowest BCUT2D eigenvalue weighted by molar-refractivity contribution is -0.0511. The Morgan fingerprint density at radius 1 is 1.21 bits per heavy atom. The van der Waals surface area contributed by atoms with Crippen molar-refractivity contribution in [3.63, 3.8) is 0 Å². The number of anilines is 1. The van der Waals surface area contributed by atoms with Crippen LogP contribution in [0.3, 0.4) is 0 Å². The van der Waals surface area contributed by atoms with Crippen LogP contribution in [0.2, 0.25) is 5.02 Å². The molecule has 1 aliphatic rings. The van der Waals surface area contributed by atoms with Crippen molar-refractivity contribution in [1.82, 2.24) is 34.5 Å². The number of aliphatic hydroxyl groups is 3. The van der Waals surface area contributed by atoms with Crippen LogP contribution in [-0.4, -0.2) is 81.8 Å². The summed E-state index contributed by atoms with van der Waals surface area (Å²) < 4.78 is 8.79. The highest BCUT2D eigenvalue weighted by atomic mass is 35.5. The number of fused-ring (bicyclic) bond motifs is 1. The van der Waals surface area contributed by atoms with Gasteiger partial charge in [0.15, 0.2) is 34.7 Å². The van der Waals surface area contributed by atoms with Crippen LogP contribution in [0, 0.1) is 0 Å². The number of benzene rings is 1. The fourth-order valence-electron chi connectivity index (χ4n) is 3.80. The van der Waals surface area contributed by atoms with E-state index in [1.54, 1.807) is 24.0 Å². The molecule has 0 saturated carbocycles. The fourth-order valence-corrected chi connectivity index (χ4v) is 4.01. The topological polar surface area (TPSA) is 156 Å². The van der Waals surface area contributed by atoms with Gasteiger partial charge in [-0.25, -0.2) is 19.6 Å². The average molecular weight is 473 g/mol. The molecule has 3 aromatic heterocycles. The summed E-state index contributed by atoms with van der Waals surface area (Å²) in [5, 5.41) is 41.9. The predicted molar refractivity (Wildman–Crippen MR) is 117 cm³/mol. The van der Waals surface area contributed by atoms with E-state index in [1.807, 2.05) is 18.2 Å². The third-order valence-electron chi connectivity index (χ3n) is 5.45. The van der Waals surface area contributed by atoms with Gasteiger partial charge in [-0.2, -0.15) is 0 Å². The molecule has 1 aliphatic heterocycles. The van der Waals surface area contributed by atoms with Crippen molar-refractivity contribution in [2.75, 3.05) is 19.0 Å². The molecule has 0 unspecified atom stereocenters. The zero-order valence-corrected chi connectivity index (χ0v) is 18.2. The van der Waals surface area contributed by atoms with Crippen molar-refractivity contribution >= 4 is 28.6 Å². The van der Waals surface area contributed by atoms with E-state index in [0.717, 1.165) is 5.56 Å². The number of aliphatic hydroxyl groups excluding tert-OH is 3. The molecule has 1 aromatic carbocycles. The summed E-state index contributed by atoms with van der Waals surface area (Å²) >= 11 is 6.06. The van der Waals surface area contributed by atoms with E-state index in [-0.39, 0.29) is 5.82 Å². The lowest BCUT2D eigenvalue weighted by atomic mass is 10.1. The van der Waals surface area contributed by atoms with Gasteiger partial charge in [-0.15, -0.1) is 5.10 Å². The number of halogens is 1. The highest BCUT2D eigenvalue weighted by Crippen LogP contribution is 2.33. The van der Waals surface area contributed by atoms with Crippen LogP contribution in [0.1, 0.15) is 11.8 Å². The molecule has 172 valence electrons. The Morgan fingerprint density at radius 2 is 2.06 bits per heavy atom. The number of hydrogen-bond donors (Lipinski definition) is 4. The van der Waals surface area contributed by atoms with Gasteiger partial charge < -0.3 is 25.4 Å². The van der Waals surface area contributed by atoms with E-state index in [4.69, 9.17) is 16.3 Å². The minimum atomic E-state index is -1.27. The molecule has 4 aromatic rings. The van der Waals surface area contributed by atoms with E-state index in [0.29, 0.717) is 34.2 Å². The number of ether oxygens (including phenoxy) is 1. The first-order valence-corrected chi connectivity index (χ1v) is 10.6. The summed E-state index contributed by atoms with van der Waals surface area (Å²) in [6.45, 7) is 0.0360. The summed E-state index contributed by atoms with van der Waals surface area (Å²) in [7, 11) is 1.70. The van der Waals surface area contributed by atoms with Crippen LogP contribution in [-0.2, 0) is 11.3 Å². The summed E-state index contributed by atoms with van der Waals surface area (Å²) in [4.78, 5) is 13.4. The van der Waals surface area contributed by atoms with E-state index < -0.39 is 31.1 Å². The van der Waals surface area contributed by atoms with E-state index in [2.05, 4.69) is 30.6 Å². The Kier molecular flexibility index (Phi) is 5.68. The van der Waals surface area contributed by atoms with Crippen molar-refractivity contribution in [2.45, 2.75) is 31.1 Å². The van der Waals surface area contributed by atoms with Crippen molar-refractivity contribution in [1.29, 1.82) is 0 Å². The molecule has 12 nitrogen and oxygen atoms in total. The van der Waals surface area contributed by atoms with Crippen LogP contribution in [0.4, 0.5) is 5.82 Å². The van der Waals surface area contributed by atoms with E-state index in [1.165, 1.54) is 10.9 Å². The molecular weight excluding hydrogens is 452 g/mol. The lowest BCUT2D eigenvalue weighted by Crippen LogP contribution is -2.33. The number of nitrogens with one attached hydrogen (secondary N) is 1. The maximum Gasteiger partial charge on any atom is 0.185 e. The van der Waals surface area contributed by atoms with Crippen LogP contribution >= 0.6 is 11.6 Å². The second kappa shape index (κ2) is 8.65. The highest BCUT2D eigenvalue weighted by molar-refractivity contribution is 6.30. The average Bonchev–Trinajstić information content (AvgIpc) is 3.52. The molecule has 4 N–H and O–H groups in total. The Hall–Kier alpha value is -3.16. The van der Waals surface area contributed by atoms with Crippen LogP contribution < -0.4 is 5.32 Å².